The van der Waals surface area contributed by atoms with E-state index in [2.05, 4.69) is 16.4 Å². The predicted octanol–water partition coefficient (Wildman–Crippen LogP) is 4.44. The zero-order valence-corrected chi connectivity index (χ0v) is 16.7. The summed E-state index contributed by atoms with van der Waals surface area (Å²) in [6.07, 6.45) is 4.29. The number of methoxy groups -OCH3 is 2. The molecule has 0 aliphatic rings. The number of nitrogens with one attached hydrogen (secondary N) is 1. The van der Waals surface area contributed by atoms with Gasteiger partial charge < -0.3 is 19.7 Å². The van der Waals surface area contributed by atoms with Gasteiger partial charge in [0.1, 0.15) is 0 Å². The van der Waals surface area contributed by atoms with Gasteiger partial charge in [-0.25, -0.2) is 4.79 Å². The van der Waals surface area contributed by atoms with E-state index < -0.39 is 0 Å². The molecule has 3 aromatic rings. The highest BCUT2D eigenvalue weighted by Crippen LogP contribution is 2.34. The standard InChI is InChI=1S/C21H23N3O3S/c1-26-19-9-3-8-18(20(19)27-2)23-21(25)24(12-10-17-7-5-13-28-17)15-16-6-4-11-22-14-16/h3-9,11,13-14H,10,12,15H2,1-2H3,(H,23,25). The van der Waals surface area contributed by atoms with Crippen LogP contribution in [-0.4, -0.2) is 36.7 Å². The summed E-state index contributed by atoms with van der Waals surface area (Å²) in [5.74, 6) is 1.07. The number of thiophene rings is 1. The van der Waals surface area contributed by atoms with Gasteiger partial charge in [-0.2, -0.15) is 0 Å². The number of carbonyl (C=O) groups excluding carboxylic acids is 1. The Morgan fingerprint density at radius 3 is 2.71 bits per heavy atom. The number of anilines is 1. The number of amides is 2. The first kappa shape index (κ1) is 19.7. The fraction of sp³-hybridized carbons (Fsp3) is 0.238. The van der Waals surface area contributed by atoms with Gasteiger partial charge in [-0.15, -0.1) is 11.3 Å². The van der Waals surface area contributed by atoms with Gasteiger partial charge in [0.25, 0.3) is 0 Å². The molecule has 0 spiro atoms. The van der Waals surface area contributed by atoms with E-state index in [9.17, 15) is 4.79 Å². The summed E-state index contributed by atoms with van der Waals surface area (Å²) < 4.78 is 10.7. The molecule has 0 atom stereocenters. The summed E-state index contributed by atoms with van der Waals surface area (Å²) in [7, 11) is 3.12. The SMILES string of the molecule is COc1cccc(NC(=O)N(CCc2cccs2)Cc2cccnc2)c1OC. The van der Waals surface area contributed by atoms with Crippen LogP contribution in [0.1, 0.15) is 10.4 Å². The predicted molar refractivity (Wildman–Crippen MR) is 111 cm³/mol. The van der Waals surface area contributed by atoms with E-state index >= 15 is 0 Å². The van der Waals surface area contributed by atoms with E-state index in [0.717, 1.165) is 12.0 Å². The number of para-hydroxylation sites is 1. The number of carbonyl (C=O) groups is 1. The van der Waals surface area contributed by atoms with Crippen molar-refractivity contribution in [3.63, 3.8) is 0 Å². The number of ether oxygens (including phenoxy) is 2. The molecule has 6 nitrogen and oxygen atoms in total. The minimum atomic E-state index is -0.202. The van der Waals surface area contributed by atoms with Gasteiger partial charge in [-0.3, -0.25) is 4.98 Å². The lowest BCUT2D eigenvalue weighted by molar-refractivity contribution is 0.209. The summed E-state index contributed by atoms with van der Waals surface area (Å²) in [5, 5.41) is 5.00. The first-order chi connectivity index (χ1) is 13.7. The molecule has 0 fully saturated rings. The summed E-state index contributed by atoms with van der Waals surface area (Å²) in [6, 6.07) is 13.1. The Hall–Kier alpha value is -3.06. The number of urea groups is 1. The molecule has 0 saturated heterocycles. The zero-order valence-electron chi connectivity index (χ0n) is 15.9. The van der Waals surface area contributed by atoms with Crippen LogP contribution in [0.5, 0.6) is 11.5 Å². The monoisotopic (exact) mass is 397 g/mol. The average Bonchev–Trinajstić information content (AvgIpc) is 3.25. The first-order valence-electron chi connectivity index (χ1n) is 8.89. The molecule has 2 amide bonds. The third-order valence-electron chi connectivity index (χ3n) is 4.24. The largest absolute Gasteiger partial charge is 0.493 e. The highest BCUT2D eigenvalue weighted by atomic mass is 32.1. The van der Waals surface area contributed by atoms with E-state index in [-0.39, 0.29) is 6.03 Å². The van der Waals surface area contributed by atoms with Crippen molar-refractivity contribution in [1.82, 2.24) is 9.88 Å². The molecule has 2 aromatic heterocycles. The summed E-state index contributed by atoms with van der Waals surface area (Å²) in [5.41, 5.74) is 1.54. The number of hydrogen-bond acceptors (Lipinski definition) is 5. The average molecular weight is 398 g/mol. The molecule has 0 saturated carbocycles. The van der Waals surface area contributed by atoms with Crippen molar-refractivity contribution < 1.29 is 14.3 Å². The molecule has 28 heavy (non-hydrogen) atoms. The van der Waals surface area contributed by atoms with Gasteiger partial charge in [0.15, 0.2) is 11.5 Å². The molecular formula is C21H23N3O3S. The fourth-order valence-corrected chi connectivity index (χ4v) is 3.54. The van der Waals surface area contributed by atoms with E-state index in [4.69, 9.17) is 9.47 Å². The summed E-state index contributed by atoms with van der Waals surface area (Å²) in [6.45, 7) is 1.06. The number of rotatable bonds is 8. The summed E-state index contributed by atoms with van der Waals surface area (Å²) in [4.78, 5) is 20.2. The maximum Gasteiger partial charge on any atom is 0.322 e. The summed E-state index contributed by atoms with van der Waals surface area (Å²) >= 11 is 1.69. The Morgan fingerprint density at radius 1 is 1.14 bits per heavy atom. The number of nitrogens with zero attached hydrogens (tertiary/aromatic N) is 2. The van der Waals surface area contributed by atoms with Crippen molar-refractivity contribution in [2.75, 3.05) is 26.1 Å². The fourth-order valence-electron chi connectivity index (χ4n) is 2.84. The topological polar surface area (TPSA) is 63.7 Å². The van der Waals surface area contributed by atoms with Gasteiger partial charge in [-0.05, 0) is 41.6 Å². The maximum absolute atomic E-state index is 13.0. The molecule has 146 valence electrons. The normalized spacial score (nSPS) is 10.4. The van der Waals surface area contributed by atoms with Crippen LogP contribution in [0.15, 0.2) is 60.2 Å². The van der Waals surface area contributed by atoms with Crippen molar-refractivity contribution >= 4 is 23.1 Å². The van der Waals surface area contributed by atoms with Crippen LogP contribution in [0.4, 0.5) is 10.5 Å². The molecule has 2 heterocycles. The maximum atomic E-state index is 13.0. The smallest absolute Gasteiger partial charge is 0.322 e. The number of pyridine rings is 1. The molecule has 1 N–H and O–H groups in total. The number of benzene rings is 1. The number of hydrogen-bond donors (Lipinski definition) is 1. The molecule has 0 bridgehead atoms. The lowest BCUT2D eigenvalue weighted by Gasteiger charge is -2.24. The Bertz CT molecular complexity index is 885. The van der Waals surface area contributed by atoms with Crippen molar-refractivity contribution in [3.8, 4) is 11.5 Å². The van der Waals surface area contributed by atoms with Gasteiger partial charge in [0.05, 0.1) is 19.9 Å². The molecule has 0 unspecified atom stereocenters. The van der Waals surface area contributed by atoms with Crippen molar-refractivity contribution in [1.29, 1.82) is 0 Å². The quantitative estimate of drug-likeness (QED) is 0.610. The van der Waals surface area contributed by atoms with Gasteiger partial charge in [0.2, 0.25) is 0 Å². The molecule has 1 aromatic carbocycles. The van der Waals surface area contributed by atoms with Crippen molar-refractivity contribution in [3.05, 3.63) is 70.7 Å². The van der Waals surface area contributed by atoms with Crippen molar-refractivity contribution in [2.24, 2.45) is 0 Å². The third-order valence-corrected chi connectivity index (χ3v) is 5.17. The van der Waals surface area contributed by atoms with Gasteiger partial charge in [0, 0.05) is 30.4 Å². The molecule has 0 aliphatic carbocycles. The Labute approximate surface area is 168 Å². The van der Waals surface area contributed by atoms with Crippen LogP contribution in [0.25, 0.3) is 0 Å². The second kappa shape index (κ2) is 9.75. The van der Waals surface area contributed by atoms with Crippen LogP contribution in [0, 0.1) is 0 Å². The van der Waals surface area contributed by atoms with Gasteiger partial charge >= 0.3 is 6.03 Å². The van der Waals surface area contributed by atoms with Crippen LogP contribution in [-0.2, 0) is 13.0 Å². The van der Waals surface area contributed by atoms with E-state index in [1.807, 2.05) is 29.6 Å². The van der Waals surface area contributed by atoms with E-state index in [1.54, 1.807) is 55.0 Å². The Morgan fingerprint density at radius 2 is 2.04 bits per heavy atom. The molecule has 7 heteroatoms. The second-order valence-corrected chi connectivity index (χ2v) is 7.12. The first-order valence-corrected chi connectivity index (χ1v) is 9.77. The number of aromatic nitrogens is 1. The molecule has 0 radical (unpaired) electrons. The molecular weight excluding hydrogens is 374 g/mol. The highest BCUT2D eigenvalue weighted by Gasteiger charge is 2.18. The zero-order chi connectivity index (χ0) is 19.8. The lowest BCUT2D eigenvalue weighted by atomic mass is 10.2. The van der Waals surface area contributed by atoms with Crippen LogP contribution < -0.4 is 14.8 Å². The van der Waals surface area contributed by atoms with E-state index in [1.165, 1.54) is 4.88 Å². The molecule has 0 aliphatic heterocycles. The lowest BCUT2D eigenvalue weighted by Crippen LogP contribution is -2.36. The van der Waals surface area contributed by atoms with Crippen LogP contribution >= 0.6 is 11.3 Å². The third kappa shape index (κ3) is 5.01. The van der Waals surface area contributed by atoms with E-state index in [0.29, 0.717) is 30.3 Å². The van der Waals surface area contributed by atoms with Crippen LogP contribution in [0.3, 0.4) is 0 Å². The highest BCUT2D eigenvalue weighted by molar-refractivity contribution is 7.09. The minimum absolute atomic E-state index is 0.202. The Balaban J connectivity index is 1.77. The minimum Gasteiger partial charge on any atom is -0.493 e. The van der Waals surface area contributed by atoms with Crippen molar-refractivity contribution in [2.45, 2.75) is 13.0 Å². The van der Waals surface area contributed by atoms with Crippen LogP contribution in [0.2, 0.25) is 0 Å². The second-order valence-electron chi connectivity index (χ2n) is 6.08. The van der Waals surface area contributed by atoms with Gasteiger partial charge in [-0.1, -0.05) is 18.2 Å². The molecule has 3 rings (SSSR count). The Kier molecular flexibility index (Phi) is 6.86.